The summed E-state index contributed by atoms with van der Waals surface area (Å²) in [5.74, 6) is -0.446. The van der Waals surface area contributed by atoms with Gasteiger partial charge in [-0.2, -0.15) is 13.2 Å². The van der Waals surface area contributed by atoms with Crippen molar-refractivity contribution in [1.82, 2.24) is 4.98 Å². The van der Waals surface area contributed by atoms with Gasteiger partial charge in [0.25, 0.3) is 0 Å². The maximum Gasteiger partial charge on any atom is 0.416 e. The van der Waals surface area contributed by atoms with Crippen LogP contribution in [0.25, 0.3) is 0 Å². The number of alkyl halides is 3. The third kappa shape index (κ3) is 3.27. The minimum absolute atomic E-state index is 0.146. The molecule has 0 N–H and O–H groups in total. The van der Waals surface area contributed by atoms with Crippen molar-refractivity contribution in [2.75, 3.05) is 0 Å². The zero-order chi connectivity index (χ0) is 14.9. The maximum atomic E-state index is 12.4. The molecule has 1 heterocycles. The molecule has 0 aliphatic carbocycles. The topological polar surface area (TPSA) is 30.0 Å². The number of carbonyl (C=O) groups is 1. The van der Waals surface area contributed by atoms with Gasteiger partial charge in [0, 0.05) is 20.7 Å². The first-order valence-corrected chi connectivity index (χ1v) is 6.90. The van der Waals surface area contributed by atoms with Gasteiger partial charge in [0.1, 0.15) is 5.69 Å². The van der Waals surface area contributed by atoms with Crippen molar-refractivity contribution in [3.8, 4) is 0 Å². The largest absolute Gasteiger partial charge is 0.416 e. The monoisotopic (exact) mass is 407 g/mol. The van der Waals surface area contributed by atoms with Gasteiger partial charge in [0.15, 0.2) is 0 Å². The Bertz CT molecular complexity index is 654. The predicted octanol–water partition coefficient (Wildman–Crippen LogP) is 4.86. The highest BCUT2D eigenvalue weighted by Crippen LogP contribution is 2.29. The number of benzene rings is 1. The molecule has 0 radical (unpaired) electrons. The van der Waals surface area contributed by atoms with Crippen molar-refractivity contribution in [3.05, 3.63) is 62.3 Å². The second-order valence-electron chi connectivity index (χ2n) is 3.89. The first-order chi connectivity index (χ1) is 9.29. The Labute approximate surface area is 129 Å². The van der Waals surface area contributed by atoms with Crippen molar-refractivity contribution in [2.24, 2.45) is 0 Å². The summed E-state index contributed by atoms with van der Waals surface area (Å²) in [6, 6.07) is 5.67. The number of rotatable bonds is 2. The second-order valence-corrected chi connectivity index (χ2v) is 5.66. The Kier molecular flexibility index (Phi) is 4.29. The number of hydrogen-bond acceptors (Lipinski definition) is 2. The molecular formula is C13H6Br2F3NO. The lowest BCUT2D eigenvalue weighted by molar-refractivity contribution is -0.137. The molecule has 0 atom stereocenters. The van der Waals surface area contributed by atoms with Crippen LogP contribution in [0, 0.1) is 0 Å². The fraction of sp³-hybridized carbons (Fsp3) is 0.0769. The van der Waals surface area contributed by atoms with Gasteiger partial charge in [0.2, 0.25) is 5.78 Å². The number of aromatic nitrogens is 1. The Balaban J connectivity index is 2.34. The number of nitrogens with zero attached hydrogens (tertiary/aromatic N) is 1. The van der Waals surface area contributed by atoms with Crippen molar-refractivity contribution in [3.63, 3.8) is 0 Å². The molecule has 0 amide bonds. The molecule has 104 valence electrons. The molecule has 0 saturated carbocycles. The predicted molar refractivity (Wildman–Crippen MR) is 74.5 cm³/mol. The van der Waals surface area contributed by atoms with Crippen molar-refractivity contribution in [2.45, 2.75) is 6.18 Å². The second kappa shape index (κ2) is 5.65. The van der Waals surface area contributed by atoms with Gasteiger partial charge >= 0.3 is 6.18 Å². The van der Waals surface area contributed by atoms with Gasteiger partial charge in [-0.1, -0.05) is 12.1 Å². The zero-order valence-corrected chi connectivity index (χ0v) is 12.9. The highest BCUT2D eigenvalue weighted by molar-refractivity contribution is 9.11. The summed E-state index contributed by atoms with van der Waals surface area (Å²) in [5.41, 5.74) is -0.502. The van der Waals surface area contributed by atoms with E-state index in [0.29, 0.717) is 8.95 Å². The van der Waals surface area contributed by atoms with Gasteiger partial charge in [0.05, 0.1) is 5.56 Å². The highest BCUT2D eigenvalue weighted by Gasteiger charge is 2.30. The summed E-state index contributed by atoms with van der Waals surface area (Å²) in [4.78, 5) is 16.1. The molecule has 0 saturated heterocycles. The average molecular weight is 409 g/mol. The van der Waals surface area contributed by atoms with Gasteiger partial charge in [-0.05, 0) is 50.1 Å². The number of halogens is 5. The molecule has 0 spiro atoms. The molecule has 2 rings (SSSR count). The fourth-order valence-electron chi connectivity index (χ4n) is 1.53. The zero-order valence-electron chi connectivity index (χ0n) is 9.71. The van der Waals surface area contributed by atoms with Gasteiger partial charge in [-0.15, -0.1) is 0 Å². The van der Waals surface area contributed by atoms with Crippen LogP contribution in [0.15, 0.2) is 45.5 Å². The number of ketones is 1. The first kappa shape index (κ1) is 15.2. The molecule has 0 aliphatic heterocycles. The van der Waals surface area contributed by atoms with Crippen molar-refractivity contribution >= 4 is 37.6 Å². The third-order valence-corrected chi connectivity index (χ3v) is 3.54. The normalized spacial score (nSPS) is 11.4. The molecule has 0 unspecified atom stereocenters. The molecule has 7 heteroatoms. The van der Waals surface area contributed by atoms with Gasteiger partial charge < -0.3 is 0 Å². The quantitative estimate of drug-likeness (QED) is 0.664. The van der Waals surface area contributed by atoms with E-state index >= 15 is 0 Å². The Morgan fingerprint density at radius 3 is 2.20 bits per heavy atom. The summed E-state index contributed by atoms with van der Waals surface area (Å²) in [6.07, 6.45) is -2.97. The summed E-state index contributed by atoms with van der Waals surface area (Å²) in [5, 5.41) is 0. The van der Waals surface area contributed by atoms with E-state index in [2.05, 4.69) is 36.8 Å². The summed E-state index contributed by atoms with van der Waals surface area (Å²) in [7, 11) is 0. The van der Waals surface area contributed by atoms with Crippen LogP contribution in [-0.2, 0) is 6.18 Å². The first-order valence-electron chi connectivity index (χ1n) is 5.32. The minimum atomic E-state index is -4.42. The van der Waals surface area contributed by atoms with E-state index in [9.17, 15) is 18.0 Å². The lowest BCUT2D eigenvalue weighted by Crippen LogP contribution is -2.08. The van der Waals surface area contributed by atoms with E-state index in [-0.39, 0.29) is 11.3 Å². The maximum absolute atomic E-state index is 12.4. The van der Waals surface area contributed by atoms with E-state index < -0.39 is 17.5 Å². The summed E-state index contributed by atoms with van der Waals surface area (Å²) < 4.78 is 38.5. The molecule has 1 aromatic carbocycles. The van der Waals surface area contributed by atoms with Crippen LogP contribution < -0.4 is 0 Å². The van der Waals surface area contributed by atoms with Crippen LogP contribution in [0.1, 0.15) is 21.6 Å². The van der Waals surface area contributed by atoms with E-state index in [4.69, 9.17) is 0 Å². The lowest BCUT2D eigenvalue weighted by atomic mass is 10.1. The van der Waals surface area contributed by atoms with Gasteiger partial charge in [-0.25, -0.2) is 0 Å². The van der Waals surface area contributed by atoms with E-state index in [1.807, 2.05) is 0 Å². The molecule has 1 aromatic heterocycles. The number of carbonyl (C=O) groups excluding carboxylic acids is 1. The van der Waals surface area contributed by atoms with E-state index in [0.717, 1.165) is 24.3 Å². The molecule has 0 fully saturated rings. The lowest BCUT2D eigenvalue weighted by Gasteiger charge is -2.07. The molecule has 0 aliphatic rings. The summed E-state index contributed by atoms with van der Waals surface area (Å²) in [6.45, 7) is 0. The Morgan fingerprint density at radius 2 is 1.70 bits per heavy atom. The SMILES string of the molecule is O=C(c1ccc(C(F)(F)F)cc1)c1ncc(Br)cc1Br. The third-order valence-electron chi connectivity index (χ3n) is 2.50. The Hall–Kier alpha value is -1.21. The van der Waals surface area contributed by atoms with Gasteiger partial charge in [-0.3, -0.25) is 9.78 Å². The summed E-state index contributed by atoms with van der Waals surface area (Å²) >= 11 is 6.40. The fourth-order valence-corrected chi connectivity index (χ4v) is 2.70. The molecular weight excluding hydrogens is 403 g/mol. The van der Waals surface area contributed by atoms with E-state index in [1.165, 1.54) is 6.20 Å². The van der Waals surface area contributed by atoms with Crippen molar-refractivity contribution in [1.29, 1.82) is 0 Å². The van der Waals surface area contributed by atoms with Crippen LogP contribution in [0.5, 0.6) is 0 Å². The molecule has 2 nitrogen and oxygen atoms in total. The number of hydrogen-bond donors (Lipinski definition) is 0. The average Bonchev–Trinajstić information content (AvgIpc) is 2.37. The smallest absolute Gasteiger partial charge is 0.287 e. The Morgan fingerprint density at radius 1 is 1.10 bits per heavy atom. The van der Waals surface area contributed by atoms with Crippen LogP contribution in [0.3, 0.4) is 0 Å². The van der Waals surface area contributed by atoms with Crippen LogP contribution in [0.2, 0.25) is 0 Å². The van der Waals surface area contributed by atoms with Crippen LogP contribution in [-0.4, -0.2) is 10.8 Å². The molecule has 0 bridgehead atoms. The van der Waals surface area contributed by atoms with Crippen LogP contribution in [0.4, 0.5) is 13.2 Å². The number of pyridine rings is 1. The van der Waals surface area contributed by atoms with Crippen LogP contribution >= 0.6 is 31.9 Å². The standard InChI is InChI=1S/C13H6Br2F3NO/c14-9-5-10(15)11(19-6-9)12(20)7-1-3-8(4-2-7)13(16,17)18/h1-6H. The van der Waals surface area contributed by atoms with E-state index in [1.54, 1.807) is 6.07 Å². The van der Waals surface area contributed by atoms with Crippen molar-refractivity contribution < 1.29 is 18.0 Å². The molecule has 2 aromatic rings. The highest BCUT2D eigenvalue weighted by atomic mass is 79.9. The minimum Gasteiger partial charge on any atom is -0.287 e. The molecule has 20 heavy (non-hydrogen) atoms.